The van der Waals surface area contributed by atoms with Crippen LogP contribution in [0.25, 0.3) is 28.6 Å². The van der Waals surface area contributed by atoms with Crippen molar-refractivity contribution in [1.82, 2.24) is 19.7 Å². The van der Waals surface area contributed by atoms with Crippen LogP contribution in [0.1, 0.15) is 88.0 Å². The Balaban J connectivity index is 1.47. The molecule has 0 spiro atoms. The molecule has 2 heterocycles. The molecule has 0 amide bonds. The lowest BCUT2D eigenvalue weighted by atomic mass is 9.91. The van der Waals surface area contributed by atoms with Crippen molar-refractivity contribution in [3.8, 4) is 22.5 Å². The molecule has 2 aromatic heterocycles. The van der Waals surface area contributed by atoms with Gasteiger partial charge in [0.1, 0.15) is 11.6 Å². The fraction of sp³-hybridized carbons (Fsp3) is 0.429. The minimum absolute atomic E-state index is 0.0132. The van der Waals surface area contributed by atoms with E-state index < -0.39 is 17.2 Å². The summed E-state index contributed by atoms with van der Waals surface area (Å²) in [5.74, 6) is -0.432. The molecule has 10 nitrogen and oxygen atoms in total. The molecular formula is C35H42FN5O5. The Labute approximate surface area is 267 Å². The number of H-pyrrole nitrogens is 1. The third kappa shape index (κ3) is 7.71. The van der Waals surface area contributed by atoms with Gasteiger partial charge < -0.3 is 15.6 Å². The second-order valence-corrected chi connectivity index (χ2v) is 12.6. The molecular weight excluding hydrogens is 589 g/mol. The van der Waals surface area contributed by atoms with E-state index in [0.717, 1.165) is 38.5 Å². The van der Waals surface area contributed by atoms with E-state index >= 15 is 4.39 Å². The van der Waals surface area contributed by atoms with E-state index in [9.17, 15) is 14.7 Å². The molecule has 244 valence electrons. The Bertz CT molecular complexity index is 1790. The fourth-order valence-electron chi connectivity index (χ4n) is 6.07. The zero-order valence-electron chi connectivity index (χ0n) is 26.6. The predicted octanol–water partition coefficient (Wildman–Crippen LogP) is 5.53. The molecule has 4 aromatic rings. The molecule has 1 aliphatic rings. The number of aryl methyl sites for hydroxylation is 1. The third-order valence-corrected chi connectivity index (χ3v) is 8.34. The topological polar surface area (TPSA) is 149 Å². The highest BCUT2D eigenvalue weighted by Crippen LogP contribution is 2.33. The lowest BCUT2D eigenvalue weighted by molar-refractivity contribution is -0.0655. The molecule has 11 heteroatoms. The lowest BCUT2D eigenvalue weighted by Crippen LogP contribution is -2.36. The van der Waals surface area contributed by atoms with Crippen LogP contribution in [0.3, 0.4) is 0 Å². The van der Waals surface area contributed by atoms with Crippen LogP contribution < -0.4 is 17.0 Å². The SMILES string of the molecule is CCCCc1nc(/C=C\N)n(C2CCC(OCC(C)(C)O)CC2)c(=O)c1Cc1ccc(-c2ccccc2-c2noc(=O)[nH]2)c(F)c1. The van der Waals surface area contributed by atoms with Crippen LogP contribution in [0, 0.1) is 5.82 Å². The van der Waals surface area contributed by atoms with Gasteiger partial charge in [0, 0.05) is 29.2 Å². The van der Waals surface area contributed by atoms with Crippen LogP contribution >= 0.6 is 0 Å². The number of aliphatic hydroxyl groups is 1. The number of ether oxygens (including phenoxy) is 1. The molecule has 1 aliphatic carbocycles. The third-order valence-electron chi connectivity index (χ3n) is 8.34. The first-order valence-electron chi connectivity index (χ1n) is 15.9. The number of nitrogens with zero attached hydrogens (tertiary/aromatic N) is 3. The first kappa shape index (κ1) is 33.0. The molecule has 0 bridgehead atoms. The number of hydrogen-bond acceptors (Lipinski definition) is 8. The van der Waals surface area contributed by atoms with Crippen molar-refractivity contribution in [2.24, 2.45) is 5.73 Å². The average Bonchev–Trinajstić information content (AvgIpc) is 3.47. The number of nitrogens with one attached hydrogen (secondary N) is 1. The molecule has 4 N–H and O–H groups in total. The quantitative estimate of drug-likeness (QED) is 0.185. The number of benzene rings is 2. The highest BCUT2D eigenvalue weighted by molar-refractivity contribution is 5.80. The zero-order valence-corrected chi connectivity index (χ0v) is 26.6. The van der Waals surface area contributed by atoms with Gasteiger partial charge in [0.25, 0.3) is 5.56 Å². The number of aromatic amines is 1. The molecule has 0 atom stereocenters. The first-order chi connectivity index (χ1) is 22.1. The van der Waals surface area contributed by atoms with Gasteiger partial charge in [0.15, 0.2) is 5.82 Å². The zero-order chi connectivity index (χ0) is 32.8. The standard InChI is InChI=1S/C35H42FN5O5/c1-4-5-10-30-28(33(42)41(31(38-30)17-18-37)23-12-14-24(15-13-23)45-21-35(2,3)44)19-22-11-16-26(29(36)20-22)25-8-6-7-9-27(25)32-39-34(43)46-40-32/h6-9,11,16-18,20,23-24,44H,4-5,10,12-15,19,21,37H2,1-3H3,(H,39,40,43)/b18-17-. The predicted molar refractivity (Wildman–Crippen MR) is 175 cm³/mol. The van der Waals surface area contributed by atoms with Gasteiger partial charge >= 0.3 is 5.76 Å². The molecule has 46 heavy (non-hydrogen) atoms. The van der Waals surface area contributed by atoms with Crippen molar-refractivity contribution in [3.05, 3.63) is 98.0 Å². The van der Waals surface area contributed by atoms with Crippen molar-refractivity contribution in [2.75, 3.05) is 6.61 Å². The van der Waals surface area contributed by atoms with Crippen molar-refractivity contribution >= 4 is 6.08 Å². The van der Waals surface area contributed by atoms with Gasteiger partial charge in [-0.25, -0.2) is 14.2 Å². The molecule has 0 aliphatic heterocycles. The van der Waals surface area contributed by atoms with Crippen molar-refractivity contribution < 1.29 is 18.8 Å². The van der Waals surface area contributed by atoms with Crippen molar-refractivity contribution in [1.29, 1.82) is 0 Å². The monoisotopic (exact) mass is 631 g/mol. The van der Waals surface area contributed by atoms with Crippen LogP contribution in [0.2, 0.25) is 0 Å². The van der Waals surface area contributed by atoms with Crippen LogP contribution in [0.5, 0.6) is 0 Å². The van der Waals surface area contributed by atoms with Crippen molar-refractivity contribution in [2.45, 2.75) is 89.9 Å². The van der Waals surface area contributed by atoms with E-state index in [1.165, 1.54) is 12.3 Å². The molecule has 0 radical (unpaired) electrons. The largest absolute Gasteiger partial charge is 0.439 e. The summed E-state index contributed by atoms with van der Waals surface area (Å²) < 4.78 is 28.1. The Morgan fingerprint density at radius 1 is 1.13 bits per heavy atom. The Hall–Kier alpha value is -4.35. The van der Waals surface area contributed by atoms with Gasteiger partial charge in [0.05, 0.1) is 24.0 Å². The molecule has 2 aromatic carbocycles. The highest BCUT2D eigenvalue weighted by Gasteiger charge is 2.28. The first-order valence-corrected chi connectivity index (χ1v) is 15.9. The van der Waals surface area contributed by atoms with Crippen LogP contribution in [0.4, 0.5) is 4.39 Å². The summed E-state index contributed by atoms with van der Waals surface area (Å²) in [6, 6.07) is 11.9. The van der Waals surface area contributed by atoms with Crippen LogP contribution in [-0.2, 0) is 17.6 Å². The second-order valence-electron chi connectivity index (χ2n) is 12.6. The molecule has 5 rings (SSSR count). The van der Waals surface area contributed by atoms with E-state index in [1.54, 1.807) is 54.8 Å². The number of aromatic nitrogens is 4. The molecule has 0 saturated heterocycles. The van der Waals surface area contributed by atoms with E-state index in [2.05, 4.69) is 21.6 Å². The van der Waals surface area contributed by atoms with Gasteiger partial charge in [-0.3, -0.25) is 18.9 Å². The minimum Gasteiger partial charge on any atom is -0.404 e. The van der Waals surface area contributed by atoms with Gasteiger partial charge in [0.2, 0.25) is 0 Å². The summed E-state index contributed by atoms with van der Waals surface area (Å²) in [5, 5.41) is 13.8. The molecule has 1 fully saturated rings. The summed E-state index contributed by atoms with van der Waals surface area (Å²) in [7, 11) is 0. The van der Waals surface area contributed by atoms with E-state index in [4.69, 9.17) is 15.5 Å². The second kappa shape index (κ2) is 14.4. The summed E-state index contributed by atoms with van der Waals surface area (Å²) in [6.07, 6.45) is 8.66. The summed E-state index contributed by atoms with van der Waals surface area (Å²) >= 11 is 0. The fourth-order valence-corrected chi connectivity index (χ4v) is 6.07. The van der Waals surface area contributed by atoms with Gasteiger partial charge in [-0.15, -0.1) is 0 Å². The molecule has 1 saturated carbocycles. The van der Waals surface area contributed by atoms with Crippen molar-refractivity contribution in [3.63, 3.8) is 0 Å². The number of halogens is 1. The van der Waals surface area contributed by atoms with Gasteiger partial charge in [-0.2, -0.15) is 0 Å². The van der Waals surface area contributed by atoms with Crippen LogP contribution in [-0.4, -0.2) is 43.1 Å². The number of hydrogen-bond donors (Lipinski definition) is 3. The van der Waals surface area contributed by atoms with E-state index in [-0.39, 0.29) is 36.6 Å². The maximum absolute atomic E-state index is 15.8. The number of rotatable bonds is 12. The molecule has 0 unspecified atom stereocenters. The minimum atomic E-state index is -0.904. The lowest BCUT2D eigenvalue weighted by Gasteiger charge is -2.32. The Kier molecular flexibility index (Phi) is 10.3. The van der Waals surface area contributed by atoms with E-state index in [1.807, 2.05) is 6.07 Å². The summed E-state index contributed by atoms with van der Waals surface area (Å²) in [5.41, 5.74) is 8.05. The van der Waals surface area contributed by atoms with Gasteiger partial charge in [-0.1, -0.05) is 54.9 Å². The Morgan fingerprint density at radius 2 is 1.87 bits per heavy atom. The van der Waals surface area contributed by atoms with Gasteiger partial charge in [-0.05, 0) is 81.8 Å². The number of nitrogens with two attached hydrogens (primary N) is 1. The average molecular weight is 632 g/mol. The highest BCUT2D eigenvalue weighted by atomic mass is 19.1. The smallest absolute Gasteiger partial charge is 0.404 e. The van der Waals surface area contributed by atoms with Crippen LogP contribution in [0.15, 0.2) is 62.8 Å². The summed E-state index contributed by atoms with van der Waals surface area (Å²) in [6.45, 7) is 5.77. The normalized spacial score (nSPS) is 17.2. The Morgan fingerprint density at radius 3 is 2.50 bits per heavy atom. The van der Waals surface area contributed by atoms with E-state index in [0.29, 0.717) is 45.8 Å². The summed E-state index contributed by atoms with van der Waals surface area (Å²) in [4.78, 5) is 33.3. The maximum Gasteiger partial charge on any atom is 0.439 e. The number of unbranched alkanes of at least 4 members (excludes halogenated alkanes) is 1. The maximum atomic E-state index is 15.8.